The molecule has 5 saturated carbocycles. The monoisotopic (exact) mass is 194 g/mol. The van der Waals surface area contributed by atoms with Crippen molar-refractivity contribution >= 4 is 0 Å². The van der Waals surface area contributed by atoms with Crippen LogP contribution in [0.15, 0.2) is 0 Å². The number of hydrogen-bond donors (Lipinski definition) is 0. The van der Waals surface area contributed by atoms with Crippen LogP contribution in [0, 0.1) is 17.3 Å². The molecule has 80 valence electrons. The molecule has 0 amide bonds. The van der Waals surface area contributed by atoms with Crippen LogP contribution in [0.1, 0.15) is 52.4 Å². The van der Waals surface area contributed by atoms with Crippen LogP contribution in [-0.2, 0) is 4.74 Å². The van der Waals surface area contributed by atoms with E-state index in [9.17, 15) is 0 Å². The lowest BCUT2D eigenvalue weighted by Gasteiger charge is -2.64. The smallest absolute Gasteiger partial charge is 0.0713 e. The SMILES string of the molecule is CCOC12CCC3(C)CC1CCC3C2. The van der Waals surface area contributed by atoms with Crippen LogP contribution in [0.25, 0.3) is 0 Å². The van der Waals surface area contributed by atoms with Gasteiger partial charge in [-0.25, -0.2) is 0 Å². The van der Waals surface area contributed by atoms with Gasteiger partial charge in [-0.1, -0.05) is 6.92 Å². The Hall–Kier alpha value is -0.0400. The van der Waals surface area contributed by atoms with E-state index in [0.29, 0.717) is 11.0 Å². The second-order valence-electron chi connectivity index (χ2n) is 6.03. The van der Waals surface area contributed by atoms with Crippen molar-refractivity contribution in [2.75, 3.05) is 6.61 Å². The summed E-state index contributed by atoms with van der Waals surface area (Å²) in [6, 6.07) is 0. The van der Waals surface area contributed by atoms with Gasteiger partial charge in [-0.2, -0.15) is 0 Å². The molecule has 0 aliphatic heterocycles. The standard InChI is InChI=1S/C13H22O/c1-3-14-13-7-6-12(2)8-11(13)5-4-10(12)9-13/h10-11H,3-9H2,1-2H3. The predicted molar refractivity (Wildman–Crippen MR) is 57.1 cm³/mol. The van der Waals surface area contributed by atoms with Crippen molar-refractivity contribution in [1.82, 2.24) is 0 Å². The minimum atomic E-state index is 0.329. The fourth-order valence-corrected chi connectivity index (χ4v) is 4.61. The largest absolute Gasteiger partial charge is 0.375 e. The molecule has 0 aromatic rings. The molecule has 5 aliphatic rings. The lowest BCUT2D eigenvalue weighted by atomic mass is 9.45. The molecular formula is C13H22O. The van der Waals surface area contributed by atoms with Crippen LogP contribution in [0.5, 0.6) is 0 Å². The van der Waals surface area contributed by atoms with Gasteiger partial charge in [0.1, 0.15) is 0 Å². The fraction of sp³-hybridized carbons (Fsp3) is 1.00. The molecule has 0 radical (unpaired) electrons. The average Bonchev–Trinajstić information content (AvgIpc) is 2.18. The Balaban J connectivity index is 1.91. The van der Waals surface area contributed by atoms with Gasteiger partial charge in [-0.15, -0.1) is 0 Å². The number of fused-ring (bicyclic) bond motifs is 2. The highest BCUT2D eigenvalue weighted by molar-refractivity contribution is 5.11. The minimum absolute atomic E-state index is 0.329. The summed E-state index contributed by atoms with van der Waals surface area (Å²) in [6.45, 7) is 5.60. The van der Waals surface area contributed by atoms with E-state index in [1.807, 2.05) is 0 Å². The van der Waals surface area contributed by atoms with E-state index in [-0.39, 0.29) is 0 Å². The first-order chi connectivity index (χ1) is 6.69. The van der Waals surface area contributed by atoms with E-state index < -0.39 is 0 Å². The molecule has 0 saturated heterocycles. The summed E-state index contributed by atoms with van der Waals surface area (Å²) in [5.74, 6) is 1.87. The zero-order valence-corrected chi connectivity index (χ0v) is 9.51. The Morgan fingerprint density at radius 1 is 1.14 bits per heavy atom. The van der Waals surface area contributed by atoms with Gasteiger partial charge >= 0.3 is 0 Å². The van der Waals surface area contributed by atoms with Crippen LogP contribution in [0.3, 0.4) is 0 Å². The van der Waals surface area contributed by atoms with Crippen molar-refractivity contribution in [3.63, 3.8) is 0 Å². The number of ether oxygens (including phenoxy) is 1. The predicted octanol–water partition coefficient (Wildman–Crippen LogP) is 3.38. The van der Waals surface area contributed by atoms with Crippen LogP contribution < -0.4 is 0 Å². The van der Waals surface area contributed by atoms with Gasteiger partial charge in [-0.3, -0.25) is 0 Å². The Labute approximate surface area is 87.2 Å². The van der Waals surface area contributed by atoms with Crippen molar-refractivity contribution in [3.05, 3.63) is 0 Å². The molecule has 0 aromatic heterocycles. The lowest BCUT2D eigenvalue weighted by Crippen LogP contribution is -2.60. The first kappa shape index (κ1) is 9.21. The van der Waals surface area contributed by atoms with E-state index in [0.717, 1.165) is 18.4 Å². The first-order valence-corrected chi connectivity index (χ1v) is 6.32. The highest BCUT2D eigenvalue weighted by atomic mass is 16.5. The molecule has 1 heteroatoms. The van der Waals surface area contributed by atoms with E-state index in [2.05, 4.69) is 13.8 Å². The second kappa shape index (κ2) is 2.75. The summed E-state index contributed by atoms with van der Waals surface area (Å²) in [4.78, 5) is 0. The maximum Gasteiger partial charge on any atom is 0.0713 e. The maximum absolute atomic E-state index is 6.14. The molecule has 0 aromatic carbocycles. The van der Waals surface area contributed by atoms with Crippen molar-refractivity contribution in [2.45, 2.75) is 58.0 Å². The van der Waals surface area contributed by atoms with Gasteiger partial charge < -0.3 is 4.74 Å². The molecule has 5 rings (SSSR count). The third kappa shape index (κ3) is 0.997. The third-order valence-corrected chi connectivity index (χ3v) is 5.45. The summed E-state index contributed by atoms with van der Waals surface area (Å²) in [7, 11) is 0. The van der Waals surface area contributed by atoms with Crippen molar-refractivity contribution in [2.24, 2.45) is 17.3 Å². The Kier molecular flexibility index (Phi) is 1.81. The van der Waals surface area contributed by atoms with Crippen molar-refractivity contribution in [1.29, 1.82) is 0 Å². The Bertz CT molecular complexity index is 250. The summed E-state index contributed by atoms with van der Waals surface area (Å²) in [5.41, 5.74) is 1.02. The van der Waals surface area contributed by atoms with E-state index in [1.54, 1.807) is 0 Å². The van der Waals surface area contributed by atoms with Crippen molar-refractivity contribution < 1.29 is 4.74 Å². The molecule has 5 fully saturated rings. The molecule has 1 nitrogen and oxygen atoms in total. The van der Waals surface area contributed by atoms with Gasteiger partial charge in [0, 0.05) is 6.61 Å². The van der Waals surface area contributed by atoms with E-state index in [4.69, 9.17) is 4.74 Å². The number of rotatable bonds is 2. The van der Waals surface area contributed by atoms with Gasteiger partial charge in [0.2, 0.25) is 0 Å². The summed E-state index contributed by atoms with van der Waals surface area (Å²) >= 11 is 0. The molecule has 4 unspecified atom stereocenters. The molecule has 14 heavy (non-hydrogen) atoms. The topological polar surface area (TPSA) is 9.23 Å². The van der Waals surface area contributed by atoms with Gasteiger partial charge in [0.05, 0.1) is 5.60 Å². The summed E-state index contributed by atoms with van der Waals surface area (Å²) in [6.07, 6.45) is 8.53. The maximum atomic E-state index is 6.14. The average molecular weight is 194 g/mol. The third-order valence-electron chi connectivity index (χ3n) is 5.45. The highest BCUT2D eigenvalue weighted by Gasteiger charge is 2.60. The summed E-state index contributed by atoms with van der Waals surface area (Å²) in [5, 5.41) is 0. The first-order valence-electron chi connectivity index (χ1n) is 6.32. The number of hydrogen-bond acceptors (Lipinski definition) is 1. The van der Waals surface area contributed by atoms with Crippen molar-refractivity contribution in [3.8, 4) is 0 Å². The van der Waals surface area contributed by atoms with Crippen LogP contribution in [0.2, 0.25) is 0 Å². The quantitative estimate of drug-likeness (QED) is 0.655. The van der Waals surface area contributed by atoms with E-state index in [1.165, 1.54) is 38.5 Å². The molecule has 0 N–H and O–H groups in total. The molecule has 0 spiro atoms. The molecule has 4 atom stereocenters. The normalized spacial score (nSPS) is 55.3. The van der Waals surface area contributed by atoms with Gasteiger partial charge in [-0.05, 0) is 62.7 Å². The van der Waals surface area contributed by atoms with E-state index >= 15 is 0 Å². The molecular weight excluding hydrogens is 172 g/mol. The second-order valence-corrected chi connectivity index (χ2v) is 6.03. The van der Waals surface area contributed by atoms with Gasteiger partial charge in [0.25, 0.3) is 0 Å². The van der Waals surface area contributed by atoms with Gasteiger partial charge in [0.15, 0.2) is 0 Å². The van der Waals surface area contributed by atoms with Crippen LogP contribution in [0.4, 0.5) is 0 Å². The summed E-state index contributed by atoms with van der Waals surface area (Å²) < 4.78 is 6.14. The Morgan fingerprint density at radius 2 is 1.93 bits per heavy atom. The zero-order chi connectivity index (χ0) is 9.81. The lowest BCUT2D eigenvalue weighted by molar-refractivity contribution is -0.220. The Morgan fingerprint density at radius 3 is 2.57 bits per heavy atom. The fourth-order valence-electron chi connectivity index (χ4n) is 4.61. The molecule has 0 heterocycles. The molecule has 5 aliphatic carbocycles. The molecule has 4 bridgehead atoms. The highest BCUT2D eigenvalue weighted by Crippen LogP contribution is 2.65. The van der Waals surface area contributed by atoms with Crippen LogP contribution in [-0.4, -0.2) is 12.2 Å². The van der Waals surface area contributed by atoms with Crippen LogP contribution >= 0.6 is 0 Å². The zero-order valence-electron chi connectivity index (χ0n) is 9.51. The minimum Gasteiger partial charge on any atom is -0.375 e.